The molecule has 2 amide bonds. The lowest BCUT2D eigenvalue weighted by Crippen LogP contribution is -2.36. The molecule has 0 spiro atoms. The van der Waals surface area contributed by atoms with Gasteiger partial charge in [0.05, 0.1) is 22.7 Å². The molecule has 1 fully saturated rings. The molecule has 120 valence electrons. The van der Waals surface area contributed by atoms with Gasteiger partial charge < -0.3 is 14.5 Å². The zero-order valence-corrected chi connectivity index (χ0v) is 14.1. The number of methoxy groups -OCH3 is 1. The Morgan fingerprint density at radius 2 is 1.68 bits per heavy atom. The summed E-state index contributed by atoms with van der Waals surface area (Å²) in [6, 6.07) is 3.06. The molecule has 0 N–H and O–H groups in total. The third kappa shape index (κ3) is 3.65. The fourth-order valence-electron chi connectivity index (χ4n) is 2.45. The maximum atomic E-state index is 12.6. The van der Waals surface area contributed by atoms with E-state index in [0.717, 1.165) is 6.42 Å². The van der Waals surface area contributed by atoms with Gasteiger partial charge in [0.2, 0.25) is 5.91 Å². The molecule has 0 bridgehead atoms. The summed E-state index contributed by atoms with van der Waals surface area (Å²) in [5.41, 5.74) is 0.351. The van der Waals surface area contributed by atoms with E-state index in [4.69, 9.17) is 27.9 Å². The second-order valence-electron chi connectivity index (χ2n) is 5.12. The van der Waals surface area contributed by atoms with Gasteiger partial charge in [-0.05, 0) is 12.5 Å². The SMILES string of the molecule is COc1cc(Cl)c(C(=O)N2CCCN(C(C)=O)CC2)cc1Cl. The Labute approximate surface area is 139 Å². The smallest absolute Gasteiger partial charge is 0.255 e. The third-order valence-electron chi connectivity index (χ3n) is 3.70. The molecule has 0 atom stereocenters. The molecule has 0 saturated carbocycles. The maximum absolute atomic E-state index is 12.6. The lowest BCUT2D eigenvalue weighted by molar-refractivity contribution is -0.128. The van der Waals surface area contributed by atoms with E-state index in [1.807, 2.05) is 0 Å². The first-order chi connectivity index (χ1) is 10.4. The van der Waals surface area contributed by atoms with Crippen molar-refractivity contribution < 1.29 is 14.3 Å². The molecule has 1 aliphatic heterocycles. The lowest BCUT2D eigenvalue weighted by Gasteiger charge is -2.22. The fourth-order valence-corrected chi connectivity index (χ4v) is 2.93. The van der Waals surface area contributed by atoms with E-state index in [0.29, 0.717) is 47.5 Å². The first-order valence-electron chi connectivity index (χ1n) is 7.02. The summed E-state index contributed by atoms with van der Waals surface area (Å²) >= 11 is 12.2. The molecule has 1 aromatic carbocycles. The Morgan fingerprint density at radius 3 is 2.32 bits per heavy atom. The zero-order chi connectivity index (χ0) is 16.3. The summed E-state index contributed by atoms with van der Waals surface area (Å²) in [5, 5.41) is 0.648. The van der Waals surface area contributed by atoms with E-state index >= 15 is 0 Å². The minimum absolute atomic E-state index is 0.0276. The van der Waals surface area contributed by atoms with E-state index in [9.17, 15) is 9.59 Å². The molecular weight excluding hydrogens is 327 g/mol. The van der Waals surface area contributed by atoms with E-state index in [-0.39, 0.29) is 11.8 Å². The van der Waals surface area contributed by atoms with Crippen LogP contribution >= 0.6 is 23.2 Å². The number of hydrogen-bond donors (Lipinski definition) is 0. The Morgan fingerprint density at radius 1 is 1.05 bits per heavy atom. The number of hydrogen-bond acceptors (Lipinski definition) is 3. The fraction of sp³-hybridized carbons (Fsp3) is 0.467. The van der Waals surface area contributed by atoms with Gasteiger partial charge in [0.15, 0.2) is 0 Å². The van der Waals surface area contributed by atoms with Crippen LogP contribution < -0.4 is 4.74 Å². The maximum Gasteiger partial charge on any atom is 0.255 e. The van der Waals surface area contributed by atoms with Gasteiger partial charge in [0, 0.05) is 39.2 Å². The zero-order valence-electron chi connectivity index (χ0n) is 12.6. The van der Waals surface area contributed by atoms with Gasteiger partial charge in [-0.3, -0.25) is 9.59 Å². The minimum atomic E-state index is -0.181. The topological polar surface area (TPSA) is 49.9 Å². The van der Waals surface area contributed by atoms with Gasteiger partial charge in [-0.15, -0.1) is 0 Å². The van der Waals surface area contributed by atoms with E-state index < -0.39 is 0 Å². The van der Waals surface area contributed by atoms with Crippen LogP contribution in [0.4, 0.5) is 0 Å². The van der Waals surface area contributed by atoms with E-state index in [1.165, 1.54) is 26.2 Å². The van der Waals surface area contributed by atoms with Crippen LogP contribution in [0, 0.1) is 0 Å². The molecule has 0 aliphatic carbocycles. The molecule has 0 radical (unpaired) electrons. The number of carbonyl (C=O) groups excluding carboxylic acids is 2. The van der Waals surface area contributed by atoms with Crippen LogP contribution in [-0.4, -0.2) is 54.9 Å². The van der Waals surface area contributed by atoms with Crippen LogP contribution in [0.2, 0.25) is 10.0 Å². The molecule has 2 rings (SSSR count). The average Bonchev–Trinajstić information content (AvgIpc) is 2.74. The van der Waals surface area contributed by atoms with Gasteiger partial charge in [-0.1, -0.05) is 23.2 Å². The largest absolute Gasteiger partial charge is 0.495 e. The second kappa shape index (κ2) is 7.20. The predicted molar refractivity (Wildman–Crippen MR) is 85.8 cm³/mol. The molecule has 1 saturated heterocycles. The summed E-state index contributed by atoms with van der Waals surface area (Å²) in [4.78, 5) is 27.5. The Bertz CT molecular complexity index is 592. The molecule has 1 aromatic rings. The van der Waals surface area contributed by atoms with Crippen molar-refractivity contribution in [1.82, 2.24) is 9.80 Å². The number of amides is 2. The van der Waals surface area contributed by atoms with Crippen molar-refractivity contribution in [3.05, 3.63) is 27.7 Å². The van der Waals surface area contributed by atoms with Crippen molar-refractivity contribution >= 4 is 35.0 Å². The van der Waals surface area contributed by atoms with Crippen LogP contribution in [0.1, 0.15) is 23.7 Å². The van der Waals surface area contributed by atoms with Crippen LogP contribution in [0.5, 0.6) is 5.75 Å². The van der Waals surface area contributed by atoms with Crippen LogP contribution in [0.25, 0.3) is 0 Å². The normalized spacial score (nSPS) is 15.5. The molecule has 0 unspecified atom stereocenters. The number of nitrogens with zero attached hydrogens (tertiary/aromatic N) is 2. The summed E-state index contributed by atoms with van der Waals surface area (Å²) in [7, 11) is 1.49. The quantitative estimate of drug-likeness (QED) is 0.828. The third-order valence-corrected chi connectivity index (χ3v) is 4.31. The number of ether oxygens (including phenoxy) is 1. The first kappa shape index (κ1) is 16.9. The van der Waals surface area contributed by atoms with Crippen LogP contribution in [0.3, 0.4) is 0 Å². The van der Waals surface area contributed by atoms with Gasteiger partial charge in [0.1, 0.15) is 5.75 Å². The van der Waals surface area contributed by atoms with Gasteiger partial charge in [0.25, 0.3) is 5.91 Å². The summed E-state index contributed by atoms with van der Waals surface area (Å²) in [6.07, 6.45) is 0.743. The Kier molecular flexibility index (Phi) is 5.53. The minimum Gasteiger partial charge on any atom is -0.495 e. The highest BCUT2D eigenvalue weighted by molar-refractivity contribution is 6.36. The molecule has 22 heavy (non-hydrogen) atoms. The van der Waals surface area contributed by atoms with Crippen molar-refractivity contribution in [1.29, 1.82) is 0 Å². The Balaban J connectivity index is 2.18. The predicted octanol–water partition coefficient (Wildman–Crippen LogP) is 2.70. The molecule has 1 heterocycles. The molecule has 0 aromatic heterocycles. The molecule has 5 nitrogen and oxygen atoms in total. The lowest BCUT2D eigenvalue weighted by atomic mass is 10.1. The van der Waals surface area contributed by atoms with E-state index in [1.54, 1.807) is 9.80 Å². The summed E-state index contributed by atoms with van der Waals surface area (Å²) in [5.74, 6) is 0.279. The number of rotatable bonds is 2. The monoisotopic (exact) mass is 344 g/mol. The number of halogens is 2. The van der Waals surface area contributed by atoms with Crippen molar-refractivity contribution in [3.63, 3.8) is 0 Å². The van der Waals surface area contributed by atoms with Crippen molar-refractivity contribution in [3.8, 4) is 5.75 Å². The van der Waals surface area contributed by atoms with Gasteiger partial charge in [-0.25, -0.2) is 0 Å². The molecule has 1 aliphatic rings. The van der Waals surface area contributed by atoms with Gasteiger partial charge >= 0.3 is 0 Å². The van der Waals surface area contributed by atoms with Crippen molar-refractivity contribution in [2.24, 2.45) is 0 Å². The number of carbonyl (C=O) groups is 2. The van der Waals surface area contributed by atoms with Crippen molar-refractivity contribution in [2.45, 2.75) is 13.3 Å². The summed E-state index contributed by atoms with van der Waals surface area (Å²) in [6.45, 7) is 3.80. The highest BCUT2D eigenvalue weighted by atomic mass is 35.5. The summed E-state index contributed by atoms with van der Waals surface area (Å²) < 4.78 is 5.08. The first-order valence-corrected chi connectivity index (χ1v) is 7.77. The second-order valence-corrected chi connectivity index (χ2v) is 5.93. The molecular formula is C15H18Cl2N2O3. The van der Waals surface area contributed by atoms with Crippen molar-refractivity contribution in [2.75, 3.05) is 33.3 Å². The average molecular weight is 345 g/mol. The number of benzene rings is 1. The molecule has 7 heteroatoms. The highest BCUT2D eigenvalue weighted by Gasteiger charge is 2.23. The highest BCUT2D eigenvalue weighted by Crippen LogP contribution is 2.31. The van der Waals surface area contributed by atoms with Gasteiger partial charge in [-0.2, -0.15) is 0 Å². The van der Waals surface area contributed by atoms with Crippen LogP contribution in [0.15, 0.2) is 12.1 Å². The standard InChI is InChI=1S/C15H18Cl2N2O3/c1-10(20)18-4-3-5-19(7-6-18)15(21)11-8-13(17)14(22-2)9-12(11)16/h8-9H,3-7H2,1-2H3. The van der Waals surface area contributed by atoms with Crippen LogP contribution in [-0.2, 0) is 4.79 Å². The Hall–Kier alpha value is -1.46. The van der Waals surface area contributed by atoms with E-state index in [2.05, 4.69) is 0 Å².